The van der Waals surface area contributed by atoms with Crippen LogP contribution in [0.4, 0.5) is 17.1 Å². The number of aromatic nitrogens is 2. The van der Waals surface area contributed by atoms with Crippen LogP contribution in [0.15, 0.2) is 200 Å². The highest BCUT2D eigenvalue weighted by Crippen LogP contribution is 2.43. The van der Waals surface area contributed by atoms with Crippen LogP contribution in [0.3, 0.4) is 0 Å². The smallest absolute Gasteiger partial charge is 0.0979 e. The molecule has 1 heterocycles. The second-order valence-corrected chi connectivity index (χ2v) is 13.4. The Labute approximate surface area is 308 Å². The zero-order chi connectivity index (χ0) is 35.1. The number of rotatable bonds is 6. The summed E-state index contributed by atoms with van der Waals surface area (Å²) in [5.74, 6) is 0. The lowest BCUT2D eigenvalue weighted by molar-refractivity contribution is 1.30. The van der Waals surface area contributed by atoms with Gasteiger partial charge in [0, 0.05) is 33.3 Å². The van der Waals surface area contributed by atoms with Gasteiger partial charge in [0.1, 0.15) is 0 Å². The fourth-order valence-electron chi connectivity index (χ4n) is 7.73. The molecule has 0 N–H and O–H groups in total. The normalized spacial score (nSPS) is 11.4. The first-order chi connectivity index (χ1) is 26.3. The highest BCUT2D eigenvalue weighted by molar-refractivity contribution is 6.20. The van der Waals surface area contributed by atoms with Gasteiger partial charge in [-0.3, -0.25) is 0 Å². The Bertz CT molecular complexity index is 2890. The van der Waals surface area contributed by atoms with E-state index in [0.717, 1.165) is 72.3 Å². The van der Waals surface area contributed by atoms with E-state index in [9.17, 15) is 0 Å². The van der Waals surface area contributed by atoms with Crippen molar-refractivity contribution < 1.29 is 0 Å². The summed E-state index contributed by atoms with van der Waals surface area (Å²) < 4.78 is 0. The molecule has 248 valence electrons. The average molecular weight is 676 g/mol. The number of para-hydroxylation sites is 2. The quantitative estimate of drug-likeness (QED) is 0.164. The highest BCUT2D eigenvalue weighted by Gasteiger charge is 2.19. The van der Waals surface area contributed by atoms with Gasteiger partial charge in [0.2, 0.25) is 0 Å². The number of nitrogens with zero attached hydrogens (tertiary/aromatic N) is 3. The van der Waals surface area contributed by atoms with E-state index in [-0.39, 0.29) is 0 Å². The molecular weight excluding hydrogens is 643 g/mol. The van der Waals surface area contributed by atoms with Gasteiger partial charge in [-0.2, -0.15) is 0 Å². The van der Waals surface area contributed by atoms with Crippen molar-refractivity contribution in [2.75, 3.05) is 4.90 Å². The number of hydrogen-bond acceptors (Lipinski definition) is 3. The maximum atomic E-state index is 5.47. The summed E-state index contributed by atoms with van der Waals surface area (Å²) in [5, 5.41) is 6.98. The van der Waals surface area contributed by atoms with Gasteiger partial charge in [0.25, 0.3) is 0 Å². The topological polar surface area (TPSA) is 29.0 Å². The number of anilines is 3. The molecule has 1 aromatic heterocycles. The van der Waals surface area contributed by atoms with Gasteiger partial charge in [-0.1, -0.05) is 158 Å². The van der Waals surface area contributed by atoms with Crippen LogP contribution >= 0.6 is 0 Å². The van der Waals surface area contributed by atoms with E-state index < -0.39 is 0 Å². The van der Waals surface area contributed by atoms with Crippen LogP contribution in [0.1, 0.15) is 0 Å². The molecule has 3 nitrogen and oxygen atoms in total. The minimum atomic E-state index is 0.880. The van der Waals surface area contributed by atoms with Gasteiger partial charge in [0.15, 0.2) is 0 Å². The molecule has 0 atom stereocenters. The third-order valence-corrected chi connectivity index (χ3v) is 10.2. The second kappa shape index (κ2) is 12.9. The van der Waals surface area contributed by atoms with Crippen molar-refractivity contribution in [1.82, 2.24) is 9.97 Å². The van der Waals surface area contributed by atoms with Crippen molar-refractivity contribution in [2.45, 2.75) is 0 Å². The second-order valence-electron chi connectivity index (χ2n) is 13.4. The molecule has 3 heteroatoms. The van der Waals surface area contributed by atoms with Gasteiger partial charge in [-0.25, -0.2) is 9.97 Å². The van der Waals surface area contributed by atoms with Crippen LogP contribution in [0, 0.1) is 0 Å². The molecule has 0 aliphatic heterocycles. The van der Waals surface area contributed by atoms with Crippen molar-refractivity contribution in [3.8, 4) is 33.6 Å². The summed E-state index contributed by atoms with van der Waals surface area (Å²) in [6.45, 7) is 0. The predicted molar refractivity (Wildman–Crippen MR) is 223 cm³/mol. The first-order valence-electron chi connectivity index (χ1n) is 18.0. The van der Waals surface area contributed by atoms with E-state index in [1.165, 1.54) is 21.7 Å². The summed E-state index contributed by atoms with van der Waals surface area (Å²) >= 11 is 0. The third-order valence-electron chi connectivity index (χ3n) is 10.2. The Morgan fingerprint density at radius 2 is 0.887 bits per heavy atom. The summed E-state index contributed by atoms with van der Waals surface area (Å²) in [5.41, 5.74) is 11.4. The van der Waals surface area contributed by atoms with E-state index in [4.69, 9.17) is 9.97 Å². The van der Waals surface area contributed by atoms with E-state index in [1.807, 2.05) is 12.1 Å². The third kappa shape index (κ3) is 5.38. The molecule has 0 amide bonds. The molecule has 10 aromatic rings. The minimum absolute atomic E-state index is 0.880. The molecular formula is C50H33N3. The lowest BCUT2D eigenvalue weighted by Crippen LogP contribution is -2.10. The molecule has 0 bridgehead atoms. The Morgan fingerprint density at radius 3 is 1.55 bits per heavy atom. The lowest BCUT2D eigenvalue weighted by Gasteiger charge is -2.27. The molecule has 0 aliphatic carbocycles. The molecule has 9 aromatic carbocycles. The Balaban J connectivity index is 1.20. The van der Waals surface area contributed by atoms with E-state index in [1.54, 1.807) is 0 Å². The van der Waals surface area contributed by atoms with E-state index >= 15 is 0 Å². The van der Waals surface area contributed by atoms with Crippen LogP contribution < -0.4 is 4.90 Å². The average Bonchev–Trinajstić information content (AvgIpc) is 3.24. The first kappa shape index (κ1) is 30.7. The highest BCUT2D eigenvalue weighted by atomic mass is 15.1. The SMILES string of the molecule is c1ccc(-c2nc3ccc4ccc5ccc(-c6ccc(N(c7ccccc7)c7ccccc7)c7ccccc67)cc5c4c3nc2-c2ccccc2)cc1. The molecule has 0 saturated carbocycles. The number of hydrogen-bond donors (Lipinski definition) is 0. The van der Waals surface area contributed by atoms with Crippen molar-refractivity contribution >= 4 is 60.4 Å². The van der Waals surface area contributed by atoms with Crippen LogP contribution in [0.2, 0.25) is 0 Å². The van der Waals surface area contributed by atoms with Gasteiger partial charge >= 0.3 is 0 Å². The van der Waals surface area contributed by atoms with E-state index in [0.29, 0.717) is 0 Å². The molecule has 0 unspecified atom stereocenters. The zero-order valence-electron chi connectivity index (χ0n) is 28.9. The van der Waals surface area contributed by atoms with Gasteiger partial charge in [-0.15, -0.1) is 0 Å². The molecule has 0 radical (unpaired) electrons. The largest absolute Gasteiger partial charge is 0.310 e. The molecule has 0 fully saturated rings. The number of fused-ring (bicyclic) bond motifs is 6. The zero-order valence-corrected chi connectivity index (χ0v) is 28.9. The first-order valence-corrected chi connectivity index (χ1v) is 18.0. The van der Waals surface area contributed by atoms with Crippen LogP contribution in [-0.2, 0) is 0 Å². The standard InChI is InChI=1S/C50H33N3/c1-5-15-36(16-6-1)48-49(37-17-7-2-8-18-37)52-50-45(51-48)31-29-35-27-25-34-26-28-38(33-44(34)47(35)50)41-30-32-46(43-24-14-13-23-42(41)43)53(39-19-9-3-10-20-39)40-21-11-4-12-22-40/h1-33H. The summed E-state index contributed by atoms with van der Waals surface area (Å²) in [6, 6.07) is 70.9. The Kier molecular flexibility index (Phi) is 7.47. The summed E-state index contributed by atoms with van der Waals surface area (Å²) in [7, 11) is 0. The van der Waals surface area contributed by atoms with Crippen molar-refractivity contribution in [3.63, 3.8) is 0 Å². The van der Waals surface area contributed by atoms with Crippen LogP contribution in [-0.4, -0.2) is 9.97 Å². The molecule has 0 aliphatic rings. The van der Waals surface area contributed by atoms with Crippen molar-refractivity contribution in [1.29, 1.82) is 0 Å². The monoisotopic (exact) mass is 675 g/mol. The Morgan fingerprint density at radius 1 is 0.358 bits per heavy atom. The van der Waals surface area contributed by atoms with Crippen molar-refractivity contribution in [3.05, 3.63) is 200 Å². The summed E-state index contributed by atoms with van der Waals surface area (Å²) in [4.78, 5) is 13.1. The van der Waals surface area contributed by atoms with E-state index in [2.05, 4.69) is 193 Å². The molecule has 53 heavy (non-hydrogen) atoms. The van der Waals surface area contributed by atoms with Gasteiger partial charge in [-0.05, 0) is 75.1 Å². The van der Waals surface area contributed by atoms with Gasteiger partial charge in [0.05, 0.1) is 28.1 Å². The lowest BCUT2D eigenvalue weighted by atomic mass is 9.93. The van der Waals surface area contributed by atoms with Gasteiger partial charge < -0.3 is 4.90 Å². The van der Waals surface area contributed by atoms with Crippen molar-refractivity contribution in [2.24, 2.45) is 0 Å². The maximum absolute atomic E-state index is 5.47. The Hall–Kier alpha value is -7.10. The minimum Gasteiger partial charge on any atom is -0.310 e. The predicted octanol–water partition coefficient (Wildman–Crippen LogP) is 13.6. The van der Waals surface area contributed by atoms with Crippen LogP contribution in [0.25, 0.3) is 77.0 Å². The summed E-state index contributed by atoms with van der Waals surface area (Å²) in [6.07, 6.45) is 0. The molecule has 0 saturated heterocycles. The fourth-order valence-corrected chi connectivity index (χ4v) is 7.73. The maximum Gasteiger partial charge on any atom is 0.0979 e. The molecule has 10 rings (SSSR count). The molecule has 0 spiro atoms. The number of benzene rings is 9. The fraction of sp³-hybridized carbons (Fsp3) is 0. The van der Waals surface area contributed by atoms with Crippen LogP contribution in [0.5, 0.6) is 0 Å².